The van der Waals surface area contributed by atoms with Crippen molar-refractivity contribution in [2.45, 2.75) is 77.4 Å². The first kappa shape index (κ1) is 27.3. The van der Waals surface area contributed by atoms with Crippen LogP contribution in [0.4, 0.5) is 4.79 Å². The standard InChI is InChI=1S/C29H40N6O4/c1-4-5-8-22-19-31-28(37)39-29(22)12-17-34(18-13-29)23-10-15-35(16-11-23)26(36)25-20(2)32-27(33-21(25)3)38-24-9-6-7-14-30-24/h6-7,9,14,22-23H,4-5,8,10-13,15-19H2,1-3H3,(H,31,37). The molecule has 2 aromatic heterocycles. The van der Waals surface area contributed by atoms with Gasteiger partial charge in [0.25, 0.3) is 5.91 Å². The average molecular weight is 537 g/mol. The van der Waals surface area contributed by atoms with Crippen molar-refractivity contribution in [3.05, 3.63) is 41.3 Å². The summed E-state index contributed by atoms with van der Waals surface area (Å²) in [4.78, 5) is 43.1. The number of ether oxygens (including phenoxy) is 2. The Balaban J connectivity index is 1.16. The van der Waals surface area contributed by atoms with E-state index in [-0.39, 0.29) is 23.6 Å². The summed E-state index contributed by atoms with van der Waals surface area (Å²) in [6.07, 6.45) is 8.41. The van der Waals surface area contributed by atoms with E-state index in [0.717, 1.165) is 64.6 Å². The van der Waals surface area contributed by atoms with E-state index in [9.17, 15) is 9.59 Å². The lowest BCUT2D eigenvalue weighted by molar-refractivity contribution is -0.101. The van der Waals surface area contributed by atoms with Gasteiger partial charge in [-0.2, -0.15) is 9.97 Å². The summed E-state index contributed by atoms with van der Waals surface area (Å²) in [5.74, 6) is 0.771. The van der Waals surface area contributed by atoms with E-state index in [0.29, 0.717) is 47.9 Å². The lowest BCUT2D eigenvalue weighted by atomic mass is 9.75. The Labute approximate surface area is 230 Å². The zero-order valence-corrected chi connectivity index (χ0v) is 23.3. The Kier molecular flexibility index (Phi) is 8.30. The van der Waals surface area contributed by atoms with Crippen LogP contribution in [0, 0.1) is 19.8 Å². The third-order valence-electron chi connectivity index (χ3n) is 8.65. The number of aromatic nitrogens is 3. The van der Waals surface area contributed by atoms with Gasteiger partial charge in [0.05, 0.1) is 17.0 Å². The van der Waals surface area contributed by atoms with E-state index in [2.05, 4.69) is 32.1 Å². The van der Waals surface area contributed by atoms with Gasteiger partial charge in [-0.3, -0.25) is 9.69 Å². The van der Waals surface area contributed by atoms with Gasteiger partial charge in [-0.1, -0.05) is 25.8 Å². The SMILES string of the molecule is CCCCC1CNC(=O)OC12CCN(C1CCN(C(=O)c3c(C)nc(Oc4ccccn4)nc3C)CC1)CC2. The molecule has 210 valence electrons. The number of alkyl carbamates (subject to hydrolysis) is 1. The Hall–Kier alpha value is -3.27. The minimum atomic E-state index is -0.327. The minimum Gasteiger partial charge on any atom is -0.442 e. The van der Waals surface area contributed by atoms with Gasteiger partial charge in [0.2, 0.25) is 5.88 Å². The first-order chi connectivity index (χ1) is 18.9. The summed E-state index contributed by atoms with van der Waals surface area (Å²) >= 11 is 0. The van der Waals surface area contributed by atoms with Gasteiger partial charge < -0.3 is 19.7 Å². The molecule has 1 atom stereocenters. The molecule has 2 aromatic rings. The number of carbonyl (C=O) groups is 2. The second kappa shape index (κ2) is 11.9. The maximum atomic E-state index is 13.5. The predicted octanol–water partition coefficient (Wildman–Crippen LogP) is 4.27. The van der Waals surface area contributed by atoms with Crippen molar-refractivity contribution in [3.63, 3.8) is 0 Å². The quantitative estimate of drug-likeness (QED) is 0.559. The summed E-state index contributed by atoms with van der Waals surface area (Å²) in [7, 11) is 0. The van der Waals surface area contributed by atoms with Gasteiger partial charge >= 0.3 is 12.1 Å². The van der Waals surface area contributed by atoms with Gasteiger partial charge in [0.15, 0.2) is 0 Å². The van der Waals surface area contributed by atoms with Crippen LogP contribution in [0.1, 0.15) is 73.6 Å². The van der Waals surface area contributed by atoms with Crippen molar-refractivity contribution >= 4 is 12.0 Å². The number of aryl methyl sites for hydroxylation is 2. The van der Waals surface area contributed by atoms with Crippen LogP contribution in [0.25, 0.3) is 0 Å². The molecule has 0 aromatic carbocycles. The lowest BCUT2D eigenvalue weighted by Gasteiger charge is -2.50. The first-order valence-electron chi connectivity index (χ1n) is 14.3. The number of amides is 2. The molecule has 5 heterocycles. The molecule has 3 fully saturated rings. The van der Waals surface area contributed by atoms with Crippen LogP contribution < -0.4 is 10.1 Å². The highest BCUT2D eigenvalue weighted by molar-refractivity contribution is 5.96. The molecule has 0 bridgehead atoms. The molecule has 39 heavy (non-hydrogen) atoms. The molecular formula is C29H40N6O4. The molecule has 3 saturated heterocycles. The zero-order chi connectivity index (χ0) is 27.4. The molecule has 3 aliphatic rings. The number of hydrogen-bond acceptors (Lipinski definition) is 8. The fourth-order valence-electron chi connectivity index (χ4n) is 6.42. The minimum absolute atomic E-state index is 0.0224. The van der Waals surface area contributed by atoms with Crippen molar-refractivity contribution in [1.29, 1.82) is 0 Å². The molecule has 1 N–H and O–H groups in total. The van der Waals surface area contributed by atoms with E-state index in [1.807, 2.05) is 30.9 Å². The monoisotopic (exact) mass is 536 g/mol. The van der Waals surface area contributed by atoms with Gasteiger partial charge in [0.1, 0.15) is 5.60 Å². The van der Waals surface area contributed by atoms with Crippen molar-refractivity contribution in [2.75, 3.05) is 32.7 Å². The Morgan fingerprint density at radius 2 is 1.85 bits per heavy atom. The second-order valence-corrected chi connectivity index (χ2v) is 11.1. The molecule has 0 aliphatic carbocycles. The van der Waals surface area contributed by atoms with E-state index >= 15 is 0 Å². The average Bonchev–Trinajstić information content (AvgIpc) is 2.93. The molecule has 1 unspecified atom stereocenters. The van der Waals surface area contributed by atoms with Gasteiger partial charge in [0, 0.05) is 69.8 Å². The van der Waals surface area contributed by atoms with E-state index in [1.54, 1.807) is 12.3 Å². The molecule has 5 rings (SSSR count). The fourth-order valence-corrected chi connectivity index (χ4v) is 6.42. The third kappa shape index (κ3) is 6.00. The van der Waals surface area contributed by atoms with Crippen LogP contribution in [-0.4, -0.2) is 81.1 Å². The largest absolute Gasteiger partial charge is 0.442 e. The van der Waals surface area contributed by atoms with Crippen LogP contribution in [0.5, 0.6) is 11.9 Å². The highest BCUT2D eigenvalue weighted by Crippen LogP contribution is 2.39. The first-order valence-corrected chi connectivity index (χ1v) is 14.3. The highest BCUT2D eigenvalue weighted by atomic mass is 16.6. The number of piperidine rings is 2. The molecule has 1 spiro atoms. The van der Waals surface area contributed by atoms with Crippen LogP contribution in [0.3, 0.4) is 0 Å². The number of rotatable bonds is 7. The smallest absolute Gasteiger partial charge is 0.407 e. The highest BCUT2D eigenvalue weighted by Gasteiger charge is 2.48. The summed E-state index contributed by atoms with van der Waals surface area (Å²) in [5, 5.41) is 2.91. The van der Waals surface area contributed by atoms with Crippen molar-refractivity contribution in [2.24, 2.45) is 5.92 Å². The number of hydrogen-bond donors (Lipinski definition) is 1. The van der Waals surface area contributed by atoms with E-state index < -0.39 is 0 Å². The number of likely N-dealkylation sites (tertiary alicyclic amines) is 2. The number of pyridine rings is 1. The molecular weight excluding hydrogens is 496 g/mol. The molecule has 0 radical (unpaired) electrons. The van der Waals surface area contributed by atoms with Crippen LogP contribution in [0.15, 0.2) is 24.4 Å². The molecule has 10 nitrogen and oxygen atoms in total. The van der Waals surface area contributed by atoms with Crippen molar-refractivity contribution in [3.8, 4) is 11.9 Å². The molecule has 0 saturated carbocycles. The molecule has 10 heteroatoms. The van der Waals surface area contributed by atoms with Gasteiger partial charge in [-0.05, 0) is 39.2 Å². The molecule has 2 amide bonds. The van der Waals surface area contributed by atoms with Crippen LogP contribution in [0.2, 0.25) is 0 Å². The summed E-state index contributed by atoms with van der Waals surface area (Å²) in [6, 6.07) is 6.01. The number of unbranched alkanes of at least 4 members (excludes halogenated alkanes) is 1. The summed E-state index contributed by atoms with van der Waals surface area (Å²) in [5.41, 5.74) is 1.44. The van der Waals surface area contributed by atoms with Crippen molar-refractivity contribution in [1.82, 2.24) is 30.1 Å². The summed E-state index contributed by atoms with van der Waals surface area (Å²) < 4.78 is 11.6. The zero-order valence-electron chi connectivity index (χ0n) is 23.3. The Morgan fingerprint density at radius 1 is 1.13 bits per heavy atom. The third-order valence-corrected chi connectivity index (χ3v) is 8.65. The number of nitrogens with one attached hydrogen (secondary N) is 1. The van der Waals surface area contributed by atoms with E-state index in [1.165, 1.54) is 0 Å². The Bertz CT molecular complexity index is 1140. The van der Waals surface area contributed by atoms with Gasteiger partial charge in [-0.15, -0.1) is 0 Å². The fraction of sp³-hybridized carbons (Fsp3) is 0.621. The second-order valence-electron chi connectivity index (χ2n) is 11.1. The number of nitrogens with zero attached hydrogens (tertiary/aromatic N) is 5. The predicted molar refractivity (Wildman–Crippen MR) is 146 cm³/mol. The lowest BCUT2D eigenvalue weighted by Crippen LogP contribution is -2.60. The summed E-state index contributed by atoms with van der Waals surface area (Å²) in [6.45, 7) is 9.84. The number of carbonyl (C=O) groups excluding carboxylic acids is 2. The topological polar surface area (TPSA) is 110 Å². The van der Waals surface area contributed by atoms with Crippen LogP contribution in [-0.2, 0) is 4.74 Å². The normalized spacial score (nSPS) is 21.9. The van der Waals surface area contributed by atoms with E-state index in [4.69, 9.17) is 9.47 Å². The maximum Gasteiger partial charge on any atom is 0.407 e. The molecule has 3 aliphatic heterocycles. The maximum absolute atomic E-state index is 13.5. The van der Waals surface area contributed by atoms with Gasteiger partial charge in [-0.25, -0.2) is 9.78 Å². The van der Waals surface area contributed by atoms with Crippen LogP contribution >= 0.6 is 0 Å². The Morgan fingerprint density at radius 3 is 2.49 bits per heavy atom. The van der Waals surface area contributed by atoms with Crippen molar-refractivity contribution < 1.29 is 19.1 Å².